The van der Waals surface area contributed by atoms with Gasteiger partial charge in [0.25, 0.3) is 0 Å². The van der Waals surface area contributed by atoms with E-state index in [1.807, 2.05) is 0 Å². The van der Waals surface area contributed by atoms with Crippen LogP contribution in [-0.4, -0.2) is 39.8 Å². The highest BCUT2D eigenvalue weighted by atomic mass is 19.4. The molecule has 0 heterocycles. The third kappa shape index (κ3) is 6.24. The summed E-state index contributed by atoms with van der Waals surface area (Å²) in [6, 6.07) is 8.25. The number of benzene rings is 1. The van der Waals surface area contributed by atoms with Crippen LogP contribution in [0.2, 0.25) is 0 Å². The lowest BCUT2D eigenvalue weighted by Crippen LogP contribution is -2.58. The summed E-state index contributed by atoms with van der Waals surface area (Å²) >= 11 is 0. The number of amides is 1. The number of carboxylic acid groups (broad SMARTS) is 1. The zero-order valence-corrected chi connectivity index (χ0v) is 15.0. The van der Waals surface area contributed by atoms with Crippen molar-refractivity contribution in [1.82, 2.24) is 4.90 Å². The van der Waals surface area contributed by atoms with Crippen LogP contribution < -0.4 is 0 Å². The number of alkyl halides is 3. The van der Waals surface area contributed by atoms with Crippen molar-refractivity contribution in [1.29, 1.82) is 0 Å². The monoisotopic (exact) mass is 375 g/mol. The van der Waals surface area contributed by atoms with Crippen molar-refractivity contribution in [3.8, 4) is 0 Å². The third-order valence-corrected chi connectivity index (χ3v) is 4.03. The summed E-state index contributed by atoms with van der Waals surface area (Å²) < 4.78 is 42.4. The van der Waals surface area contributed by atoms with Crippen molar-refractivity contribution in [2.75, 3.05) is 0 Å². The number of ether oxygens (including phenoxy) is 1. The molecule has 0 aliphatic heterocycles. The molecule has 0 aromatic heterocycles. The number of aliphatic carboxylic acids is 1. The van der Waals surface area contributed by atoms with Gasteiger partial charge in [0.05, 0.1) is 0 Å². The van der Waals surface area contributed by atoms with E-state index in [9.17, 15) is 27.9 Å². The summed E-state index contributed by atoms with van der Waals surface area (Å²) in [5.41, 5.74) is -1.08. The molecule has 1 aromatic carbocycles. The summed E-state index contributed by atoms with van der Waals surface area (Å²) in [6.07, 6.45) is -7.10. The lowest BCUT2D eigenvalue weighted by molar-refractivity contribution is -0.154. The lowest BCUT2D eigenvalue weighted by Gasteiger charge is -2.40. The van der Waals surface area contributed by atoms with Crippen LogP contribution in [0.3, 0.4) is 0 Å². The Hall–Kier alpha value is -2.25. The topological polar surface area (TPSA) is 66.8 Å². The lowest BCUT2D eigenvalue weighted by atomic mass is 9.91. The van der Waals surface area contributed by atoms with Crippen LogP contribution in [0.4, 0.5) is 18.0 Å². The molecule has 0 aliphatic carbocycles. The molecule has 26 heavy (non-hydrogen) atoms. The van der Waals surface area contributed by atoms with E-state index in [1.54, 1.807) is 44.2 Å². The van der Waals surface area contributed by atoms with Gasteiger partial charge in [-0.2, -0.15) is 13.2 Å². The minimum atomic E-state index is -4.38. The van der Waals surface area contributed by atoms with Crippen molar-refractivity contribution < 1.29 is 32.6 Å². The van der Waals surface area contributed by atoms with Crippen LogP contribution in [-0.2, 0) is 16.1 Å². The zero-order chi connectivity index (χ0) is 20.0. The van der Waals surface area contributed by atoms with E-state index < -0.39 is 42.7 Å². The zero-order valence-electron chi connectivity index (χ0n) is 15.0. The number of hydrogen-bond donors (Lipinski definition) is 1. The van der Waals surface area contributed by atoms with Crippen molar-refractivity contribution in [3.63, 3.8) is 0 Å². The molecule has 1 amide bonds. The van der Waals surface area contributed by atoms with E-state index in [-0.39, 0.29) is 13.0 Å². The first-order chi connectivity index (χ1) is 12.0. The van der Waals surface area contributed by atoms with Crippen LogP contribution in [0, 0.1) is 0 Å². The van der Waals surface area contributed by atoms with E-state index >= 15 is 0 Å². The fourth-order valence-electron chi connectivity index (χ4n) is 2.73. The highest BCUT2D eigenvalue weighted by molar-refractivity contribution is 5.84. The SMILES string of the molecule is CC(C)N(C(=O)OCc1ccccc1)C(C)(CCCC(F)(F)F)C(=O)O. The molecule has 0 aliphatic rings. The van der Waals surface area contributed by atoms with Crippen molar-refractivity contribution in [2.24, 2.45) is 0 Å². The first kappa shape index (κ1) is 21.8. The molecular weight excluding hydrogens is 351 g/mol. The van der Waals surface area contributed by atoms with Crippen LogP contribution in [0.25, 0.3) is 0 Å². The van der Waals surface area contributed by atoms with Crippen molar-refractivity contribution in [2.45, 2.75) is 64.4 Å². The van der Waals surface area contributed by atoms with Gasteiger partial charge in [0.1, 0.15) is 12.1 Å². The minimum absolute atomic E-state index is 0.0544. The summed E-state index contributed by atoms with van der Waals surface area (Å²) in [4.78, 5) is 25.3. The molecule has 0 spiro atoms. The number of halogens is 3. The predicted molar refractivity (Wildman–Crippen MR) is 89.5 cm³/mol. The molecule has 1 N–H and O–H groups in total. The van der Waals surface area contributed by atoms with Gasteiger partial charge in [-0.05, 0) is 39.2 Å². The number of rotatable bonds is 8. The van der Waals surface area contributed by atoms with Crippen LogP contribution >= 0.6 is 0 Å². The quantitative estimate of drug-likeness (QED) is 0.721. The number of nitrogens with zero attached hydrogens (tertiary/aromatic N) is 1. The maximum atomic E-state index is 12.5. The fraction of sp³-hybridized carbons (Fsp3) is 0.556. The van der Waals surface area contributed by atoms with Gasteiger partial charge in [-0.25, -0.2) is 9.59 Å². The number of hydrogen-bond acceptors (Lipinski definition) is 3. The highest BCUT2D eigenvalue weighted by Gasteiger charge is 2.45. The normalized spacial score (nSPS) is 14.0. The third-order valence-electron chi connectivity index (χ3n) is 4.03. The summed E-state index contributed by atoms with van der Waals surface area (Å²) in [7, 11) is 0. The van der Waals surface area contributed by atoms with Crippen LogP contribution in [0.5, 0.6) is 0 Å². The molecule has 8 heteroatoms. The molecule has 1 atom stereocenters. The van der Waals surface area contributed by atoms with Gasteiger partial charge >= 0.3 is 18.2 Å². The van der Waals surface area contributed by atoms with Crippen LogP contribution in [0.1, 0.15) is 45.6 Å². The Morgan fingerprint density at radius 2 is 1.73 bits per heavy atom. The Bertz CT molecular complexity index is 604. The Morgan fingerprint density at radius 1 is 1.15 bits per heavy atom. The van der Waals surface area contributed by atoms with Gasteiger partial charge in [-0.15, -0.1) is 0 Å². The Labute approximate surface area is 150 Å². The molecule has 5 nitrogen and oxygen atoms in total. The maximum absolute atomic E-state index is 12.5. The summed E-state index contributed by atoms with van der Waals surface area (Å²) in [6.45, 7) is 4.38. The number of carboxylic acids is 1. The molecule has 146 valence electrons. The van der Waals surface area contributed by atoms with Crippen LogP contribution in [0.15, 0.2) is 30.3 Å². The molecule has 0 fully saturated rings. The standard InChI is InChI=1S/C18H24F3NO4/c1-13(2)22(16(25)26-12-14-8-5-4-6-9-14)17(3,15(23)24)10-7-11-18(19,20)21/h4-6,8-9,13H,7,10-12H2,1-3H3,(H,23,24). The maximum Gasteiger partial charge on any atom is 0.411 e. The largest absolute Gasteiger partial charge is 0.480 e. The van der Waals surface area contributed by atoms with Gasteiger partial charge < -0.3 is 9.84 Å². The predicted octanol–water partition coefficient (Wildman–Crippen LogP) is 4.61. The Kier molecular flexibility index (Phi) is 7.47. The van der Waals surface area contributed by atoms with Gasteiger partial charge in [0.2, 0.25) is 0 Å². The first-order valence-electron chi connectivity index (χ1n) is 8.27. The molecule has 1 unspecified atom stereocenters. The average molecular weight is 375 g/mol. The van der Waals surface area contributed by atoms with E-state index in [4.69, 9.17) is 4.74 Å². The van der Waals surface area contributed by atoms with Gasteiger partial charge in [0, 0.05) is 12.5 Å². The second-order valence-electron chi connectivity index (χ2n) is 6.55. The second kappa shape index (κ2) is 8.91. The molecular formula is C18H24F3NO4. The summed E-state index contributed by atoms with van der Waals surface area (Å²) in [5.74, 6) is -1.37. The molecule has 0 saturated heterocycles. The van der Waals surface area contributed by atoms with E-state index in [2.05, 4.69) is 0 Å². The highest BCUT2D eigenvalue weighted by Crippen LogP contribution is 2.30. The van der Waals surface area contributed by atoms with Gasteiger partial charge in [-0.1, -0.05) is 30.3 Å². The summed E-state index contributed by atoms with van der Waals surface area (Å²) in [5, 5.41) is 9.58. The first-order valence-corrected chi connectivity index (χ1v) is 8.27. The Morgan fingerprint density at radius 3 is 2.19 bits per heavy atom. The minimum Gasteiger partial charge on any atom is -0.480 e. The number of carbonyl (C=O) groups is 2. The molecule has 1 rings (SSSR count). The smallest absolute Gasteiger partial charge is 0.411 e. The fourth-order valence-corrected chi connectivity index (χ4v) is 2.73. The van der Waals surface area contributed by atoms with E-state index in [0.717, 1.165) is 10.5 Å². The number of carbonyl (C=O) groups excluding carboxylic acids is 1. The molecule has 0 radical (unpaired) electrons. The van der Waals surface area contributed by atoms with Gasteiger partial charge in [-0.3, -0.25) is 4.90 Å². The van der Waals surface area contributed by atoms with Crippen molar-refractivity contribution >= 4 is 12.1 Å². The van der Waals surface area contributed by atoms with Gasteiger partial charge in [0.15, 0.2) is 0 Å². The molecule has 0 saturated carbocycles. The molecule has 1 aromatic rings. The van der Waals surface area contributed by atoms with Crippen molar-refractivity contribution in [3.05, 3.63) is 35.9 Å². The molecule has 0 bridgehead atoms. The van der Waals surface area contributed by atoms with E-state index in [0.29, 0.717) is 0 Å². The average Bonchev–Trinajstić information content (AvgIpc) is 2.52. The van der Waals surface area contributed by atoms with E-state index in [1.165, 1.54) is 6.92 Å². The second-order valence-corrected chi connectivity index (χ2v) is 6.55. The Balaban J connectivity index is 2.90.